The van der Waals surface area contributed by atoms with Crippen LogP contribution in [0.15, 0.2) is 23.3 Å². The first-order chi connectivity index (χ1) is 14.8. The van der Waals surface area contributed by atoms with Crippen LogP contribution in [0.25, 0.3) is 22.4 Å². The minimum Gasteiger partial charge on any atom is -0.368 e. The minimum atomic E-state index is -4.60. The van der Waals surface area contributed by atoms with Gasteiger partial charge in [-0.15, -0.1) is 0 Å². The molecule has 3 aromatic rings. The molecule has 0 amide bonds. The molecule has 10 nitrogen and oxygen atoms in total. The normalized spacial score (nSPS) is 12.5. The van der Waals surface area contributed by atoms with Gasteiger partial charge in [-0.3, -0.25) is 14.1 Å². The number of hydrogen-bond acceptors (Lipinski definition) is 8. The van der Waals surface area contributed by atoms with Gasteiger partial charge in [0.25, 0.3) is 5.56 Å². The quantitative estimate of drug-likeness (QED) is 0.557. The summed E-state index contributed by atoms with van der Waals surface area (Å²) >= 11 is 0. The van der Waals surface area contributed by atoms with Crippen LogP contribution in [0.5, 0.6) is 0 Å². The molecule has 0 aliphatic heterocycles. The Hall–Kier alpha value is -3.29. The first-order valence-electron chi connectivity index (χ1n) is 9.36. The molecule has 32 heavy (non-hydrogen) atoms. The number of nitrogens with two attached hydrogens (primary N) is 1. The van der Waals surface area contributed by atoms with Crippen LogP contribution in [0.4, 0.5) is 24.9 Å². The van der Waals surface area contributed by atoms with Crippen LogP contribution in [0.2, 0.25) is 0 Å². The van der Waals surface area contributed by atoms with E-state index in [1.807, 2.05) is 4.72 Å². The number of halogens is 3. The van der Waals surface area contributed by atoms with E-state index in [0.717, 1.165) is 0 Å². The van der Waals surface area contributed by atoms with Crippen molar-refractivity contribution < 1.29 is 21.6 Å². The number of nitrogen functional groups attached to an aromatic ring is 1. The zero-order valence-corrected chi connectivity index (χ0v) is 18.1. The summed E-state index contributed by atoms with van der Waals surface area (Å²) in [6.45, 7) is 5.16. The summed E-state index contributed by atoms with van der Waals surface area (Å²) in [5.41, 5.74) is 6.55. The highest BCUT2D eigenvalue weighted by Crippen LogP contribution is 2.24. The summed E-state index contributed by atoms with van der Waals surface area (Å²) < 4.78 is 64.2. The predicted molar refractivity (Wildman–Crippen MR) is 112 cm³/mol. The molecule has 0 bridgehead atoms. The number of aromatic nitrogens is 5. The first kappa shape index (κ1) is 23.4. The Labute approximate surface area is 180 Å². The smallest absolute Gasteiger partial charge is 0.368 e. The molecule has 172 valence electrons. The molecule has 0 atom stereocenters. The fourth-order valence-corrected chi connectivity index (χ4v) is 4.02. The molecule has 0 radical (unpaired) electrons. The Morgan fingerprint density at radius 3 is 2.47 bits per heavy atom. The third-order valence-corrected chi connectivity index (χ3v) is 5.71. The molecular weight excluding hydrogens is 451 g/mol. The van der Waals surface area contributed by atoms with Crippen LogP contribution in [-0.4, -0.2) is 44.8 Å². The van der Waals surface area contributed by atoms with Crippen molar-refractivity contribution in [2.45, 2.75) is 39.4 Å². The fourth-order valence-electron chi connectivity index (χ4n) is 2.99. The van der Waals surface area contributed by atoms with E-state index in [2.05, 4.69) is 19.9 Å². The van der Waals surface area contributed by atoms with Crippen LogP contribution in [0.1, 0.15) is 31.9 Å². The van der Waals surface area contributed by atoms with Gasteiger partial charge in [0, 0.05) is 17.8 Å². The lowest BCUT2D eigenvalue weighted by molar-refractivity contribution is -0.129. The van der Waals surface area contributed by atoms with E-state index in [1.54, 1.807) is 20.8 Å². The van der Waals surface area contributed by atoms with E-state index < -0.39 is 33.9 Å². The summed E-state index contributed by atoms with van der Waals surface area (Å²) in [5.74, 6) is -1.32. The van der Waals surface area contributed by atoms with Gasteiger partial charge in [0.2, 0.25) is 16.0 Å². The molecule has 0 saturated carbocycles. The maximum atomic E-state index is 13.1. The van der Waals surface area contributed by atoms with Gasteiger partial charge < -0.3 is 5.73 Å². The van der Waals surface area contributed by atoms with E-state index in [4.69, 9.17) is 5.73 Å². The average Bonchev–Trinajstić information content (AvgIpc) is 2.65. The van der Waals surface area contributed by atoms with Gasteiger partial charge in [0.1, 0.15) is 17.0 Å². The summed E-state index contributed by atoms with van der Waals surface area (Å²) in [4.78, 5) is 29.4. The molecule has 0 aliphatic rings. The van der Waals surface area contributed by atoms with Crippen molar-refractivity contribution in [3.8, 4) is 11.3 Å². The number of sulfonamides is 1. The number of fused-ring (bicyclic) bond motifs is 1. The van der Waals surface area contributed by atoms with E-state index in [-0.39, 0.29) is 29.1 Å². The molecule has 3 heterocycles. The van der Waals surface area contributed by atoms with Gasteiger partial charge in [-0.25, -0.2) is 23.4 Å². The molecule has 0 spiro atoms. The van der Waals surface area contributed by atoms with Gasteiger partial charge in [-0.05, 0) is 32.4 Å². The number of anilines is 2. The highest BCUT2D eigenvalue weighted by molar-refractivity contribution is 7.92. The largest absolute Gasteiger partial charge is 0.390 e. The number of rotatable bonds is 6. The average molecular weight is 471 g/mol. The molecule has 3 N–H and O–H groups in total. The second-order valence-corrected chi connectivity index (χ2v) is 9.18. The lowest BCUT2D eigenvalue weighted by Crippen LogP contribution is -2.26. The van der Waals surface area contributed by atoms with E-state index >= 15 is 0 Å². The maximum absolute atomic E-state index is 13.1. The van der Waals surface area contributed by atoms with Crippen molar-refractivity contribution >= 4 is 33.0 Å². The SMILES string of the molecule is Cc1cc(NS(=O)(=O)CCC(F)(F)F)ncc1-c1nc2cnc(N)nc2n(C(C)C)c1=O. The second kappa shape index (κ2) is 8.33. The summed E-state index contributed by atoms with van der Waals surface area (Å²) in [6, 6.07) is 1.03. The summed E-state index contributed by atoms with van der Waals surface area (Å²) in [7, 11) is -4.26. The van der Waals surface area contributed by atoms with Crippen LogP contribution in [0, 0.1) is 6.92 Å². The zero-order chi connectivity index (χ0) is 23.8. The number of nitrogens with zero attached hydrogens (tertiary/aromatic N) is 5. The Morgan fingerprint density at radius 1 is 1.19 bits per heavy atom. The highest BCUT2D eigenvalue weighted by Gasteiger charge is 2.30. The fraction of sp³-hybridized carbons (Fsp3) is 0.389. The van der Waals surface area contributed by atoms with Gasteiger partial charge in [0.05, 0.1) is 18.4 Å². The molecular formula is C18H20F3N7O3S. The number of alkyl halides is 3. The van der Waals surface area contributed by atoms with E-state index in [0.29, 0.717) is 16.6 Å². The Bertz CT molecular complexity index is 1340. The molecule has 0 fully saturated rings. The van der Waals surface area contributed by atoms with Crippen molar-refractivity contribution in [3.63, 3.8) is 0 Å². The van der Waals surface area contributed by atoms with Crippen molar-refractivity contribution in [2.24, 2.45) is 0 Å². The molecule has 0 saturated heterocycles. The number of aryl methyl sites for hydroxylation is 1. The van der Waals surface area contributed by atoms with E-state index in [9.17, 15) is 26.4 Å². The molecule has 0 aliphatic carbocycles. The Balaban J connectivity index is 2.02. The summed E-state index contributed by atoms with van der Waals surface area (Å²) in [5, 5.41) is 0. The molecule has 0 aromatic carbocycles. The topological polar surface area (TPSA) is 146 Å². The van der Waals surface area contributed by atoms with Gasteiger partial charge in [-0.1, -0.05) is 0 Å². The van der Waals surface area contributed by atoms with E-state index in [1.165, 1.54) is 23.0 Å². The van der Waals surface area contributed by atoms with Gasteiger partial charge in [0.15, 0.2) is 5.65 Å². The highest BCUT2D eigenvalue weighted by atomic mass is 32.2. The first-order valence-corrected chi connectivity index (χ1v) is 11.0. The molecule has 3 aromatic heterocycles. The Morgan fingerprint density at radius 2 is 1.88 bits per heavy atom. The lowest BCUT2D eigenvalue weighted by atomic mass is 10.1. The summed E-state index contributed by atoms with van der Waals surface area (Å²) in [6.07, 6.45) is -3.48. The lowest BCUT2D eigenvalue weighted by Gasteiger charge is -2.15. The monoisotopic (exact) mass is 471 g/mol. The third-order valence-electron chi connectivity index (χ3n) is 4.45. The van der Waals surface area contributed by atoms with Crippen molar-refractivity contribution in [3.05, 3.63) is 34.4 Å². The Kier molecular flexibility index (Phi) is 6.09. The van der Waals surface area contributed by atoms with Crippen molar-refractivity contribution in [1.82, 2.24) is 24.5 Å². The van der Waals surface area contributed by atoms with Crippen molar-refractivity contribution in [2.75, 3.05) is 16.2 Å². The van der Waals surface area contributed by atoms with Crippen molar-refractivity contribution in [1.29, 1.82) is 0 Å². The second-order valence-electron chi connectivity index (χ2n) is 7.34. The van der Waals surface area contributed by atoms with Gasteiger partial charge in [-0.2, -0.15) is 18.2 Å². The molecule has 3 rings (SSSR count). The molecule has 0 unspecified atom stereocenters. The van der Waals surface area contributed by atoms with Crippen LogP contribution < -0.4 is 16.0 Å². The minimum absolute atomic E-state index is 0.0131. The maximum Gasteiger partial charge on any atom is 0.390 e. The molecule has 14 heteroatoms. The number of nitrogens with one attached hydrogen (secondary N) is 1. The number of pyridine rings is 1. The third kappa shape index (κ3) is 5.12. The standard InChI is InChI=1S/C18H20F3N7O3S/c1-9(2)28-15-12(8-24-17(22)26-15)25-14(16(28)29)11-7-23-13(6-10(11)3)27-32(30,31)5-4-18(19,20)21/h6-9H,4-5H2,1-3H3,(H,23,27)(H2,22,24,26). The van der Waals surface area contributed by atoms with Crippen LogP contribution in [0.3, 0.4) is 0 Å². The van der Waals surface area contributed by atoms with Crippen LogP contribution >= 0.6 is 0 Å². The van der Waals surface area contributed by atoms with Crippen LogP contribution in [-0.2, 0) is 10.0 Å². The number of hydrogen-bond donors (Lipinski definition) is 2. The zero-order valence-electron chi connectivity index (χ0n) is 17.3. The predicted octanol–water partition coefficient (Wildman–Crippen LogP) is 2.41. The van der Waals surface area contributed by atoms with Gasteiger partial charge >= 0.3 is 6.18 Å².